The lowest BCUT2D eigenvalue weighted by atomic mass is 10.2. The number of hydrogen-bond acceptors (Lipinski definition) is 5. The summed E-state index contributed by atoms with van der Waals surface area (Å²) >= 11 is 1.38. The lowest BCUT2D eigenvalue weighted by Crippen LogP contribution is -2.15. The first-order valence-electron chi connectivity index (χ1n) is 7.92. The van der Waals surface area contributed by atoms with Gasteiger partial charge in [0.25, 0.3) is 0 Å². The van der Waals surface area contributed by atoms with Gasteiger partial charge in [0.1, 0.15) is 5.82 Å². The minimum atomic E-state index is -0.0930. The van der Waals surface area contributed by atoms with Gasteiger partial charge >= 0.3 is 0 Å². The highest BCUT2D eigenvalue weighted by Crippen LogP contribution is 2.20. The summed E-state index contributed by atoms with van der Waals surface area (Å²) in [5.74, 6) is 0.995. The van der Waals surface area contributed by atoms with E-state index in [2.05, 4.69) is 37.8 Å². The number of aromatic nitrogens is 5. The Morgan fingerprint density at radius 2 is 1.96 bits per heavy atom. The van der Waals surface area contributed by atoms with Crippen LogP contribution in [-0.2, 0) is 11.3 Å². The Morgan fingerprint density at radius 3 is 2.64 bits per heavy atom. The van der Waals surface area contributed by atoms with E-state index in [9.17, 15) is 4.79 Å². The van der Waals surface area contributed by atoms with E-state index in [0.717, 1.165) is 28.1 Å². The number of benzene rings is 1. The molecule has 0 saturated carbocycles. The maximum absolute atomic E-state index is 12.2. The van der Waals surface area contributed by atoms with Crippen molar-refractivity contribution in [2.24, 2.45) is 0 Å². The maximum atomic E-state index is 12.2. The Kier molecular flexibility index (Phi) is 5.18. The topological polar surface area (TPSA) is 88.5 Å². The number of anilines is 1. The second-order valence-electron chi connectivity index (χ2n) is 5.75. The number of nitrogens with one attached hydrogen (secondary N) is 2. The molecular weight excluding hydrogens is 336 g/mol. The number of carbonyl (C=O) groups is 1. The van der Waals surface area contributed by atoms with Gasteiger partial charge in [-0.15, -0.1) is 10.2 Å². The Bertz CT molecular complexity index is 851. The molecule has 1 amide bonds. The smallest absolute Gasteiger partial charge is 0.234 e. The van der Waals surface area contributed by atoms with Crippen LogP contribution in [-0.4, -0.2) is 36.6 Å². The molecule has 7 nitrogen and oxygen atoms in total. The van der Waals surface area contributed by atoms with E-state index in [4.69, 9.17) is 0 Å². The number of rotatable bonds is 6. The number of thioether (sulfide) groups is 1. The van der Waals surface area contributed by atoms with Crippen molar-refractivity contribution in [1.29, 1.82) is 0 Å². The van der Waals surface area contributed by atoms with Crippen molar-refractivity contribution < 1.29 is 4.79 Å². The molecule has 130 valence electrons. The fraction of sp³-hybridized carbons (Fsp3) is 0.294. The first-order chi connectivity index (χ1) is 12.0. The van der Waals surface area contributed by atoms with Crippen LogP contribution in [0.1, 0.15) is 22.8 Å². The minimum Gasteiger partial charge on any atom is -0.322 e. The number of aromatic amines is 1. The Morgan fingerprint density at radius 1 is 1.20 bits per heavy atom. The Balaban J connectivity index is 1.65. The van der Waals surface area contributed by atoms with E-state index < -0.39 is 0 Å². The first-order valence-corrected chi connectivity index (χ1v) is 8.91. The Hall–Kier alpha value is -2.61. The summed E-state index contributed by atoms with van der Waals surface area (Å²) < 4.78 is 2.02. The van der Waals surface area contributed by atoms with E-state index in [1.54, 1.807) is 0 Å². The molecule has 25 heavy (non-hydrogen) atoms. The molecule has 0 atom stereocenters. The highest BCUT2D eigenvalue weighted by atomic mass is 32.2. The normalized spacial score (nSPS) is 10.8. The second-order valence-corrected chi connectivity index (χ2v) is 6.69. The SMILES string of the molecule is Cc1n[nH]c(C)c1NC(=O)CSc1nnc(C)n1Cc1ccccc1. The van der Waals surface area contributed by atoms with Gasteiger partial charge in [0.2, 0.25) is 5.91 Å². The van der Waals surface area contributed by atoms with E-state index in [1.165, 1.54) is 17.3 Å². The molecule has 0 radical (unpaired) electrons. The first kappa shape index (κ1) is 17.2. The van der Waals surface area contributed by atoms with Crippen molar-refractivity contribution in [3.8, 4) is 0 Å². The molecule has 3 rings (SSSR count). The number of aryl methyl sites for hydroxylation is 3. The summed E-state index contributed by atoms with van der Waals surface area (Å²) in [6, 6.07) is 10.1. The minimum absolute atomic E-state index is 0.0930. The van der Waals surface area contributed by atoms with Crippen LogP contribution in [0.2, 0.25) is 0 Å². The van der Waals surface area contributed by atoms with Gasteiger partial charge in [-0.3, -0.25) is 9.89 Å². The average molecular weight is 356 g/mol. The van der Waals surface area contributed by atoms with Crippen LogP contribution in [0.4, 0.5) is 5.69 Å². The molecule has 0 aliphatic rings. The third-order valence-corrected chi connectivity index (χ3v) is 4.78. The van der Waals surface area contributed by atoms with Gasteiger partial charge in [0.05, 0.1) is 29.4 Å². The van der Waals surface area contributed by atoms with Crippen LogP contribution in [0.5, 0.6) is 0 Å². The van der Waals surface area contributed by atoms with Gasteiger partial charge in [-0.25, -0.2) is 0 Å². The van der Waals surface area contributed by atoms with E-state index in [0.29, 0.717) is 6.54 Å². The van der Waals surface area contributed by atoms with Crippen LogP contribution in [0, 0.1) is 20.8 Å². The highest BCUT2D eigenvalue weighted by Gasteiger charge is 2.14. The van der Waals surface area contributed by atoms with Gasteiger partial charge in [-0.2, -0.15) is 5.10 Å². The highest BCUT2D eigenvalue weighted by molar-refractivity contribution is 7.99. The van der Waals surface area contributed by atoms with E-state index in [1.807, 2.05) is 43.5 Å². The van der Waals surface area contributed by atoms with Crippen LogP contribution in [0.15, 0.2) is 35.5 Å². The standard InChI is InChI=1S/C17H20N6OS/c1-11-16(12(2)20-19-11)18-15(24)10-25-17-22-21-13(3)23(17)9-14-7-5-4-6-8-14/h4-8H,9-10H2,1-3H3,(H,18,24)(H,19,20). The number of nitrogens with zero attached hydrogens (tertiary/aromatic N) is 4. The number of H-pyrrole nitrogens is 1. The molecule has 1 aromatic carbocycles. The van der Waals surface area contributed by atoms with E-state index in [-0.39, 0.29) is 11.7 Å². The van der Waals surface area contributed by atoms with Crippen molar-refractivity contribution in [2.45, 2.75) is 32.5 Å². The molecule has 2 heterocycles. The molecular formula is C17H20N6OS. The summed E-state index contributed by atoms with van der Waals surface area (Å²) in [6.45, 7) is 6.33. The zero-order chi connectivity index (χ0) is 17.8. The average Bonchev–Trinajstić information content (AvgIpc) is 3.11. The van der Waals surface area contributed by atoms with Crippen LogP contribution >= 0.6 is 11.8 Å². The lowest BCUT2D eigenvalue weighted by molar-refractivity contribution is -0.113. The van der Waals surface area contributed by atoms with E-state index >= 15 is 0 Å². The summed E-state index contributed by atoms with van der Waals surface area (Å²) in [6.07, 6.45) is 0. The van der Waals surface area contributed by atoms with Crippen molar-refractivity contribution in [2.75, 3.05) is 11.1 Å². The molecule has 0 bridgehead atoms. The molecule has 0 saturated heterocycles. The van der Waals surface area contributed by atoms with Crippen molar-refractivity contribution >= 4 is 23.4 Å². The third-order valence-electron chi connectivity index (χ3n) is 3.81. The zero-order valence-corrected chi connectivity index (χ0v) is 15.2. The maximum Gasteiger partial charge on any atom is 0.234 e. The molecule has 2 aromatic heterocycles. The molecule has 2 N–H and O–H groups in total. The number of carbonyl (C=O) groups excluding carboxylic acids is 1. The largest absolute Gasteiger partial charge is 0.322 e. The zero-order valence-electron chi connectivity index (χ0n) is 14.4. The van der Waals surface area contributed by atoms with Gasteiger partial charge in [0, 0.05) is 0 Å². The predicted molar refractivity (Wildman–Crippen MR) is 97.7 cm³/mol. The van der Waals surface area contributed by atoms with Crippen LogP contribution in [0.3, 0.4) is 0 Å². The van der Waals surface area contributed by atoms with Gasteiger partial charge in [-0.1, -0.05) is 42.1 Å². The molecule has 0 aliphatic carbocycles. The quantitative estimate of drug-likeness (QED) is 0.663. The predicted octanol–water partition coefficient (Wildman–Crippen LogP) is 2.71. The van der Waals surface area contributed by atoms with Gasteiger partial charge in [0.15, 0.2) is 5.16 Å². The molecule has 0 fully saturated rings. The molecule has 8 heteroatoms. The second kappa shape index (κ2) is 7.52. The van der Waals surface area contributed by atoms with Crippen molar-refractivity contribution in [1.82, 2.24) is 25.0 Å². The molecule has 0 spiro atoms. The summed E-state index contributed by atoms with van der Waals surface area (Å²) in [4.78, 5) is 12.2. The summed E-state index contributed by atoms with van der Waals surface area (Å²) in [5, 5.41) is 18.9. The summed E-state index contributed by atoms with van der Waals surface area (Å²) in [7, 11) is 0. The Labute approximate surface area is 150 Å². The number of amides is 1. The number of hydrogen-bond donors (Lipinski definition) is 2. The molecule has 3 aromatic rings. The summed E-state index contributed by atoms with van der Waals surface area (Å²) in [5.41, 5.74) is 3.53. The fourth-order valence-corrected chi connectivity index (χ4v) is 3.24. The third kappa shape index (κ3) is 4.08. The van der Waals surface area contributed by atoms with Gasteiger partial charge < -0.3 is 9.88 Å². The van der Waals surface area contributed by atoms with Crippen molar-refractivity contribution in [3.05, 3.63) is 53.1 Å². The lowest BCUT2D eigenvalue weighted by Gasteiger charge is -2.09. The van der Waals surface area contributed by atoms with Crippen molar-refractivity contribution in [3.63, 3.8) is 0 Å². The monoisotopic (exact) mass is 356 g/mol. The fourth-order valence-electron chi connectivity index (χ4n) is 2.46. The van der Waals surface area contributed by atoms with Gasteiger partial charge in [-0.05, 0) is 26.3 Å². The van der Waals surface area contributed by atoms with Crippen LogP contribution < -0.4 is 5.32 Å². The van der Waals surface area contributed by atoms with Crippen LogP contribution in [0.25, 0.3) is 0 Å². The molecule has 0 aliphatic heterocycles. The molecule has 0 unspecified atom stereocenters.